The average molecular weight is 572 g/mol. The first-order valence-corrected chi connectivity index (χ1v) is 13.5. The molecule has 9 heteroatoms. The number of ether oxygens (including phenoxy) is 1. The summed E-state index contributed by atoms with van der Waals surface area (Å²) in [6.07, 6.45) is 1.72. The number of carbonyl (C=O) groups excluding carboxylic acids is 2. The van der Waals surface area contributed by atoms with Crippen LogP contribution in [-0.4, -0.2) is 96.7 Å². The summed E-state index contributed by atoms with van der Waals surface area (Å²) in [6.45, 7) is 7.10. The number of aliphatic hydroxyl groups is 1. The summed E-state index contributed by atoms with van der Waals surface area (Å²) in [4.78, 5) is 34.3. The lowest BCUT2D eigenvalue weighted by molar-refractivity contribution is -0.120. The summed E-state index contributed by atoms with van der Waals surface area (Å²) >= 11 is 3.57. The van der Waals surface area contributed by atoms with E-state index in [0.717, 1.165) is 53.8 Å². The molecule has 2 aromatic carbocycles. The maximum absolute atomic E-state index is 13.0. The third-order valence-electron chi connectivity index (χ3n) is 7.10. The summed E-state index contributed by atoms with van der Waals surface area (Å²) in [5.41, 5.74) is 4.99. The van der Waals surface area contributed by atoms with Crippen LogP contribution in [0.1, 0.15) is 40.1 Å². The molecule has 0 aliphatic carbocycles. The van der Waals surface area contributed by atoms with Crippen molar-refractivity contribution in [2.75, 3.05) is 59.6 Å². The normalized spacial score (nSPS) is 17.8. The van der Waals surface area contributed by atoms with Crippen LogP contribution in [0.5, 0.6) is 0 Å². The van der Waals surface area contributed by atoms with Gasteiger partial charge in [0.05, 0.1) is 12.6 Å². The van der Waals surface area contributed by atoms with Gasteiger partial charge in [-0.25, -0.2) is 0 Å². The summed E-state index contributed by atoms with van der Waals surface area (Å²) in [5.74, 6) is 0.0252. The Hall–Kier alpha value is -2.72. The number of β-amino-alcohol motifs (C(OH)–C–C–N with tert-alkyl or cyclic N) is 1. The minimum atomic E-state index is -0.205. The number of rotatable bonds is 6. The summed E-state index contributed by atoms with van der Waals surface area (Å²) < 4.78 is 5.58. The van der Waals surface area contributed by atoms with Gasteiger partial charge in [0.25, 0.3) is 5.91 Å². The number of piperazine rings is 1. The number of methoxy groups -OCH3 is 1. The number of nitrogens with one attached hydrogen (secondary N) is 1. The van der Waals surface area contributed by atoms with Gasteiger partial charge in [0, 0.05) is 79.6 Å². The van der Waals surface area contributed by atoms with Crippen molar-refractivity contribution in [3.63, 3.8) is 0 Å². The number of hydrogen-bond acceptors (Lipinski definition) is 5. The molecule has 3 aromatic rings. The predicted octanol–water partition coefficient (Wildman–Crippen LogP) is 3.44. The topological polar surface area (TPSA) is 89.1 Å². The van der Waals surface area contributed by atoms with E-state index in [4.69, 9.17) is 5.11 Å². The van der Waals surface area contributed by atoms with E-state index >= 15 is 0 Å². The van der Waals surface area contributed by atoms with Crippen molar-refractivity contribution in [3.05, 3.63) is 69.3 Å². The Bertz CT molecular complexity index is 1200. The van der Waals surface area contributed by atoms with Gasteiger partial charge in [0.15, 0.2) is 0 Å². The second-order valence-corrected chi connectivity index (χ2v) is 10.2. The van der Waals surface area contributed by atoms with Crippen LogP contribution in [0.25, 0.3) is 10.9 Å². The summed E-state index contributed by atoms with van der Waals surface area (Å²) in [7, 11) is 1.68. The molecular weight excluding hydrogens is 536 g/mol. The Labute approximate surface area is 226 Å². The Kier molecular flexibility index (Phi) is 9.37. The Morgan fingerprint density at radius 3 is 2.46 bits per heavy atom. The molecule has 1 fully saturated rings. The van der Waals surface area contributed by atoms with Gasteiger partial charge in [0.1, 0.15) is 0 Å². The summed E-state index contributed by atoms with van der Waals surface area (Å²) in [5, 5.41) is 10.3. The van der Waals surface area contributed by atoms with Crippen LogP contribution in [0.4, 0.5) is 0 Å². The molecule has 2 aliphatic rings. The van der Waals surface area contributed by atoms with Gasteiger partial charge in [-0.05, 0) is 54.8 Å². The first-order valence-electron chi connectivity index (χ1n) is 12.7. The van der Waals surface area contributed by atoms with Gasteiger partial charge in [0.2, 0.25) is 6.41 Å². The SMILES string of the molecule is CCOC.O=CN1CCc2c([nH]c3ccc(Br)cc23)C1c1ccc(C(=O)N2CCN(CCO)CC2)cc1. The Morgan fingerprint density at radius 1 is 1.14 bits per heavy atom. The van der Waals surface area contributed by atoms with Crippen molar-refractivity contribution in [3.8, 4) is 0 Å². The molecule has 0 spiro atoms. The van der Waals surface area contributed by atoms with Gasteiger partial charge < -0.3 is 24.6 Å². The predicted molar refractivity (Wildman–Crippen MR) is 148 cm³/mol. The number of nitrogens with zero attached hydrogens (tertiary/aromatic N) is 3. The second-order valence-electron chi connectivity index (χ2n) is 9.26. The lowest BCUT2D eigenvalue weighted by Gasteiger charge is -2.35. The molecule has 3 heterocycles. The highest BCUT2D eigenvalue weighted by Crippen LogP contribution is 2.38. The van der Waals surface area contributed by atoms with Crippen LogP contribution >= 0.6 is 15.9 Å². The standard InChI is InChI=1S/C25H27BrN4O3.C3H8O/c26-19-5-6-22-21(15-19)20-7-8-30(16-32)24(23(20)27-22)17-1-3-18(4-2-17)25(33)29-11-9-28(10-12-29)13-14-31;1-3-4-2/h1-6,15-16,24,27,31H,7-14H2;3H2,1-2H3. The number of aromatic nitrogens is 1. The Balaban J connectivity index is 0.000000747. The molecule has 37 heavy (non-hydrogen) atoms. The fourth-order valence-electron chi connectivity index (χ4n) is 5.06. The number of aromatic amines is 1. The maximum Gasteiger partial charge on any atom is 0.253 e. The van der Waals surface area contributed by atoms with Crippen molar-refractivity contribution in [2.24, 2.45) is 0 Å². The van der Waals surface area contributed by atoms with E-state index in [1.807, 2.05) is 47.1 Å². The molecule has 0 bridgehead atoms. The van der Waals surface area contributed by atoms with Gasteiger partial charge in [-0.1, -0.05) is 28.1 Å². The van der Waals surface area contributed by atoms with Crippen LogP contribution in [-0.2, 0) is 16.0 Å². The van der Waals surface area contributed by atoms with E-state index in [2.05, 4.69) is 42.7 Å². The third kappa shape index (κ3) is 6.06. The second kappa shape index (κ2) is 12.7. The highest BCUT2D eigenvalue weighted by atomic mass is 79.9. The lowest BCUT2D eigenvalue weighted by atomic mass is 9.92. The molecule has 5 rings (SSSR count). The zero-order chi connectivity index (χ0) is 26.4. The third-order valence-corrected chi connectivity index (χ3v) is 7.59. The number of H-pyrrole nitrogens is 1. The molecule has 0 saturated carbocycles. The average Bonchev–Trinajstić information content (AvgIpc) is 3.30. The zero-order valence-corrected chi connectivity index (χ0v) is 23.0. The molecule has 1 atom stereocenters. The van der Waals surface area contributed by atoms with Crippen molar-refractivity contribution < 1.29 is 19.4 Å². The number of amides is 2. The highest BCUT2D eigenvalue weighted by Gasteiger charge is 2.31. The number of hydrogen-bond donors (Lipinski definition) is 2. The molecule has 1 unspecified atom stereocenters. The quantitative estimate of drug-likeness (QED) is 0.443. The molecule has 1 aromatic heterocycles. The van der Waals surface area contributed by atoms with Crippen LogP contribution in [0.3, 0.4) is 0 Å². The van der Waals surface area contributed by atoms with Gasteiger partial charge in [-0.2, -0.15) is 0 Å². The largest absolute Gasteiger partial charge is 0.395 e. The van der Waals surface area contributed by atoms with Crippen molar-refractivity contribution in [2.45, 2.75) is 19.4 Å². The molecule has 2 amide bonds. The van der Waals surface area contributed by atoms with Crippen molar-refractivity contribution >= 4 is 39.2 Å². The fourth-order valence-corrected chi connectivity index (χ4v) is 5.42. The first-order chi connectivity index (χ1) is 18.0. The molecule has 2 aliphatic heterocycles. The van der Waals surface area contributed by atoms with Crippen LogP contribution < -0.4 is 0 Å². The first kappa shape index (κ1) is 27.3. The minimum absolute atomic E-state index is 0.0252. The molecular formula is C28H35BrN4O4. The van der Waals surface area contributed by atoms with Crippen molar-refractivity contribution in [1.82, 2.24) is 19.7 Å². The van der Waals surface area contributed by atoms with E-state index in [1.165, 1.54) is 10.9 Å². The van der Waals surface area contributed by atoms with E-state index in [-0.39, 0.29) is 18.6 Å². The minimum Gasteiger partial charge on any atom is -0.395 e. The Morgan fingerprint density at radius 2 is 1.84 bits per heavy atom. The summed E-state index contributed by atoms with van der Waals surface area (Å²) in [6, 6.07) is 13.7. The number of benzene rings is 2. The monoisotopic (exact) mass is 570 g/mol. The van der Waals surface area contributed by atoms with Crippen LogP contribution in [0.15, 0.2) is 46.9 Å². The molecule has 8 nitrogen and oxygen atoms in total. The highest BCUT2D eigenvalue weighted by molar-refractivity contribution is 9.10. The van der Waals surface area contributed by atoms with Crippen LogP contribution in [0.2, 0.25) is 0 Å². The van der Waals surface area contributed by atoms with E-state index < -0.39 is 0 Å². The number of halogens is 1. The maximum atomic E-state index is 13.0. The van der Waals surface area contributed by atoms with E-state index in [0.29, 0.717) is 31.7 Å². The zero-order valence-electron chi connectivity index (χ0n) is 21.5. The number of fused-ring (bicyclic) bond motifs is 3. The van der Waals surface area contributed by atoms with Crippen molar-refractivity contribution in [1.29, 1.82) is 0 Å². The number of carbonyl (C=O) groups is 2. The number of aliphatic hydroxyl groups excluding tert-OH is 1. The van der Waals surface area contributed by atoms with Gasteiger partial charge in [-0.3, -0.25) is 14.5 Å². The van der Waals surface area contributed by atoms with Crippen LogP contribution in [0, 0.1) is 0 Å². The molecule has 1 saturated heterocycles. The molecule has 198 valence electrons. The van der Waals surface area contributed by atoms with E-state index in [9.17, 15) is 9.59 Å². The van der Waals surface area contributed by atoms with Gasteiger partial charge >= 0.3 is 0 Å². The van der Waals surface area contributed by atoms with Gasteiger partial charge in [-0.15, -0.1) is 0 Å². The fraction of sp³-hybridized carbons (Fsp3) is 0.429. The molecule has 0 radical (unpaired) electrons. The lowest BCUT2D eigenvalue weighted by Crippen LogP contribution is -2.49. The molecule has 2 N–H and O–H groups in total. The smallest absolute Gasteiger partial charge is 0.253 e. The van der Waals surface area contributed by atoms with E-state index in [1.54, 1.807) is 7.11 Å².